The van der Waals surface area contributed by atoms with Crippen LogP contribution in [0.5, 0.6) is 0 Å². The summed E-state index contributed by atoms with van der Waals surface area (Å²) in [5, 5.41) is 0. The van der Waals surface area contributed by atoms with E-state index in [2.05, 4.69) is 9.44 Å². The molecular formula is C16H20N2O4S2. The highest BCUT2D eigenvalue weighted by Gasteiger charge is 2.16. The highest BCUT2D eigenvalue weighted by atomic mass is 32.2. The van der Waals surface area contributed by atoms with E-state index < -0.39 is 20.0 Å². The zero-order valence-electron chi connectivity index (χ0n) is 13.4. The van der Waals surface area contributed by atoms with Crippen LogP contribution < -0.4 is 9.44 Å². The second-order valence-corrected chi connectivity index (χ2v) is 9.08. The van der Waals surface area contributed by atoms with E-state index in [9.17, 15) is 16.8 Å². The van der Waals surface area contributed by atoms with Crippen molar-refractivity contribution in [2.24, 2.45) is 0 Å². The predicted molar refractivity (Wildman–Crippen MR) is 94.6 cm³/mol. The van der Waals surface area contributed by atoms with Crippen LogP contribution in [-0.2, 0) is 25.8 Å². The van der Waals surface area contributed by atoms with Gasteiger partial charge in [-0.3, -0.25) is 4.72 Å². The molecule has 0 atom stereocenters. The third-order valence-electron chi connectivity index (χ3n) is 3.03. The van der Waals surface area contributed by atoms with Crippen molar-refractivity contribution in [2.45, 2.75) is 30.5 Å². The van der Waals surface area contributed by atoms with E-state index in [0.29, 0.717) is 11.3 Å². The molecule has 0 aliphatic carbocycles. The van der Waals surface area contributed by atoms with Gasteiger partial charge in [0.25, 0.3) is 0 Å². The average molecular weight is 368 g/mol. The van der Waals surface area contributed by atoms with Gasteiger partial charge >= 0.3 is 0 Å². The summed E-state index contributed by atoms with van der Waals surface area (Å²) in [6.45, 7) is 3.45. The molecule has 0 saturated heterocycles. The fourth-order valence-electron chi connectivity index (χ4n) is 2.09. The van der Waals surface area contributed by atoms with E-state index in [1.807, 2.05) is 6.07 Å². The molecule has 0 aliphatic heterocycles. The first-order valence-corrected chi connectivity index (χ1v) is 10.5. The first kappa shape index (κ1) is 18.4. The summed E-state index contributed by atoms with van der Waals surface area (Å²) in [6.07, 6.45) is 0. The van der Waals surface area contributed by atoms with Crippen LogP contribution in [0.4, 0.5) is 5.69 Å². The maximum Gasteiger partial charge on any atom is 0.240 e. The molecule has 130 valence electrons. The Hall–Kier alpha value is -1.90. The van der Waals surface area contributed by atoms with Crippen LogP contribution in [0, 0.1) is 0 Å². The molecule has 0 radical (unpaired) electrons. The molecule has 0 spiro atoms. The molecule has 0 amide bonds. The normalized spacial score (nSPS) is 12.3. The Morgan fingerprint density at radius 3 is 2.00 bits per heavy atom. The Morgan fingerprint density at radius 1 is 0.875 bits per heavy atom. The Morgan fingerprint density at radius 2 is 1.46 bits per heavy atom. The van der Waals surface area contributed by atoms with Crippen LogP contribution >= 0.6 is 0 Å². The molecular weight excluding hydrogens is 348 g/mol. The maximum absolute atomic E-state index is 12.2. The molecule has 2 aromatic carbocycles. The van der Waals surface area contributed by atoms with Crippen molar-refractivity contribution in [3.05, 3.63) is 60.2 Å². The lowest BCUT2D eigenvalue weighted by Crippen LogP contribution is -2.30. The van der Waals surface area contributed by atoms with Crippen LogP contribution in [0.1, 0.15) is 19.4 Å². The van der Waals surface area contributed by atoms with E-state index in [1.54, 1.807) is 38.1 Å². The van der Waals surface area contributed by atoms with Crippen molar-refractivity contribution in [3.8, 4) is 0 Å². The number of sulfonamides is 2. The summed E-state index contributed by atoms with van der Waals surface area (Å²) in [5.41, 5.74) is 0.986. The van der Waals surface area contributed by atoms with Gasteiger partial charge in [-0.05, 0) is 43.7 Å². The van der Waals surface area contributed by atoms with Gasteiger partial charge in [-0.15, -0.1) is 0 Å². The van der Waals surface area contributed by atoms with Gasteiger partial charge in [0.2, 0.25) is 20.0 Å². The molecule has 0 unspecified atom stereocenters. The molecule has 0 aromatic heterocycles. The van der Waals surface area contributed by atoms with Gasteiger partial charge in [0, 0.05) is 11.7 Å². The van der Waals surface area contributed by atoms with Crippen molar-refractivity contribution in [3.63, 3.8) is 0 Å². The van der Waals surface area contributed by atoms with Crippen molar-refractivity contribution in [1.82, 2.24) is 4.72 Å². The molecule has 0 heterocycles. The molecule has 0 bridgehead atoms. The van der Waals surface area contributed by atoms with Crippen molar-refractivity contribution >= 4 is 25.7 Å². The van der Waals surface area contributed by atoms with Crippen molar-refractivity contribution < 1.29 is 16.8 Å². The van der Waals surface area contributed by atoms with Crippen molar-refractivity contribution in [1.29, 1.82) is 0 Å². The van der Waals surface area contributed by atoms with Gasteiger partial charge in [-0.25, -0.2) is 21.6 Å². The minimum atomic E-state index is -3.60. The first-order chi connectivity index (χ1) is 11.2. The number of rotatable bonds is 7. The van der Waals surface area contributed by atoms with E-state index in [4.69, 9.17) is 0 Å². The third-order valence-corrected chi connectivity index (χ3v) is 5.96. The predicted octanol–water partition coefficient (Wildman–Crippen LogP) is 2.32. The Labute approximate surface area is 143 Å². The second kappa shape index (κ2) is 7.33. The fraction of sp³-hybridized carbons (Fsp3) is 0.250. The van der Waals surface area contributed by atoms with Crippen LogP contribution in [0.15, 0.2) is 59.5 Å². The Bertz CT molecular complexity index is 875. The summed E-state index contributed by atoms with van der Waals surface area (Å²) >= 11 is 0. The van der Waals surface area contributed by atoms with E-state index >= 15 is 0 Å². The van der Waals surface area contributed by atoms with E-state index in [0.717, 1.165) is 0 Å². The lowest BCUT2D eigenvalue weighted by Gasteiger charge is -2.11. The number of nitrogens with one attached hydrogen (secondary N) is 2. The lowest BCUT2D eigenvalue weighted by molar-refractivity contribution is 0.570. The molecule has 2 aromatic rings. The lowest BCUT2D eigenvalue weighted by atomic mass is 10.2. The second-order valence-electron chi connectivity index (χ2n) is 5.65. The first-order valence-electron chi connectivity index (χ1n) is 7.35. The summed E-state index contributed by atoms with van der Waals surface area (Å²) in [7, 11) is -7.17. The van der Waals surface area contributed by atoms with E-state index in [1.165, 1.54) is 24.3 Å². The minimum Gasteiger partial charge on any atom is -0.283 e. The molecule has 2 N–H and O–H groups in total. The third kappa shape index (κ3) is 5.33. The quantitative estimate of drug-likeness (QED) is 0.784. The van der Waals surface area contributed by atoms with Gasteiger partial charge in [-0.2, -0.15) is 0 Å². The topological polar surface area (TPSA) is 92.3 Å². The van der Waals surface area contributed by atoms with Crippen LogP contribution in [0.25, 0.3) is 0 Å². The zero-order chi connectivity index (χ0) is 17.8. The van der Waals surface area contributed by atoms with Gasteiger partial charge < -0.3 is 0 Å². The Kier molecular flexibility index (Phi) is 5.63. The monoisotopic (exact) mass is 368 g/mol. The molecule has 0 aliphatic rings. The molecule has 24 heavy (non-hydrogen) atoms. The zero-order valence-corrected chi connectivity index (χ0v) is 15.1. The van der Waals surface area contributed by atoms with E-state index in [-0.39, 0.29) is 16.7 Å². The SMILES string of the molecule is CC(C)NS(=O)(=O)c1ccc(NS(=O)(=O)Cc2ccccc2)cc1. The largest absolute Gasteiger partial charge is 0.283 e. The smallest absolute Gasteiger partial charge is 0.240 e. The highest BCUT2D eigenvalue weighted by molar-refractivity contribution is 7.92. The van der Waals surface area contributed by atoms with Gasteiger partial charge in [-0.1, -0.05) is 30.3 Å². The van der Waals surface area contributed by atoms with Gasteiger partial charge in [0.05, 0.1) is 10.6 Å². The summed E-state index contributed by atoms with van der Waals surface area (Å²) in [5.74, 6) is -0.150. The van der Waals surface area contributed by atoms with Crippen molar-refractivity contribution in [2.75, 3.05) is 4.72 Å². The van der Waals surface area contributed by atoms with Crippen LogP contribution in [0.3, 0.4) is 0 Å². The molecule has 8 heteroatoms. The van der Waals surface area contributed by atoms with Gasteiger partial charge in [0.1, 0.15) is 0 Å². The number of hydrogen-bond donors (Lipinski definition) is 2. The average Bonchev–Trinajstić information content (AvgIpc) is 2.46. The molecule has 6 nitrogen and oxygen atoms in total. The van der Waals surface area contributed by atoms with Crippen LogP contribution in [-0.4, -0.2) is 22.9 Å². The summed E-state index contributed by atoms with van der Waals surface area (Å²) in [4.78, 5) is 0.0854. The fourth-order valence-corrected chi connectivity index (χ4v) is 4.54. The minimum absolute atomic E-state index is 0.0854. The number of hydrogen-bond acceptors (Lipinski definition) is 4. The summed E-state index contributed by atoms with van der Waals surface area (Å²) in [6, 6.07) is 14.2. The summed E-state index contributed by atoms with van der Waals surface area (Å²) < 4.78 is 53.3. The molecule has 0 fully saturated rings. The molecule has 2 rings (SSSR count). The number of benzene rings is 2. The Balaban J connectivity index is 2.11. The standard InChI is InChI=1S/C16H20N2O4S2/c1-13(2)17-24(21,22)16-10-8-15(9-11-16)18-23(19,20)12-14-6-4-3-5-7-14/h3-11,13,17-18H,12H2,1-2H3. The maximum atomic E-state index is 12.2. The highest BCUT2D eigenvalue weighted by Crippen LogP contribution is 2.17. The van der Waals surface area contributed by atoms with Crippen LogP contribution in [0.2, 0.25) is 0 Å². The van der Waals surface area contributed by atoms with Gasteiger partial charge in [0.15, 0.2) is 0 Å². The number of anilines is 1. The molecule has 0 saturated carbocycles.